The zero-order valence-electron chi connectivity index (χ0n) is 20.1. The summed E-state index contributed by atoms with van der Waals surface area (Å²) in [7, 11) is 0. The summed E-state index contributed by atoms with van der Waals surface area (Å²) < 4.78 is 2.41. The molecule has 1 heterocycles. The third kappa shape index (κ3) is 16.6. The molecule has 0 aliphatic rings. The van der Waals surface area contributed by atoms with Gasteiger partial charge in [-0.2, -0.15) is 0 Å². The van der Waals surface area contributed by atoms with E-state index in [1.165, 1.54) is 141 Å². The molecule has 0 fully saturated rings. The summed E-state index contributed by atoms with van der Waals surface area (Å²) in [5.41, 5.74) is 1.53. The van der Waals surface area contributed by atoms with Crippen molar-refractivity contribution in [3.05, 3.63) is 30.1 Å². The van der Waals surface area contributed by atoms with Gasteiger partial charge in [0, 0.05) is 18.1 Å². The molecule has 0 unspecified atom stereocenters. The molecule has 0 aliphatic carbocycles. The van der Waals surface area contributed by atoms with Gasteiger partial charge in [0.25, 0.3) is 0 Å². The number of hydrogen-bond acceptors (Lipinski definition) is 0. The molecule has 0 saturated carbocycles. The fraction of sp³-hybridized carbons (Fsp3) is 0.821. The molecule has 0 radical (unpaired) electrons. The fourth-order valence-corrected chi connectivity index (χ4v) is 4.28. The van der Waals surface area contributed by atoms with Crippen LogP contribution in [0.5, 0.6) is 0 Å². The maximum absolute atomic E-state index is 2.41. The number of nitrogens with zero attached hydrogens (tertiary/aromatic N) is 1. The number of aryl methyl sites for hydroxylation is 2. The van der Waals surface area contributed by atoms with Gasteiger partial charge in [0.1, 0.15) is 6.54 Å². The second kappa shape index (κ2) is 20.4. The summed E-state index contributed by atoms with van der Waals surface area (Å²) in [5, 5.41) is 0. The number of pyridine rings is 1. The molecule has 0 spiro atoms. The second-order valence-corrected chi connectivity index (χ2v) is 9.21. The van der Waals surface area contributed by atoms with Gasteiger partial charge in [-0.15, -0.1) is 0 Å². The average Bonchev–Trinajstić information content (AvgIpc) is 2.74. The summed E-state index contributed by atoms with van der Waals surface area (Å²) in [5.74, 6) is 0. The van der Waals surface area contributed by atoms with Crippen LogP contribution in [0.3, 0.4) is 0 Å². The lowest BCUT2D eigenvalue weighted by atomic mass is 10.0. The van der Waals surface area contributed by atoms with Gasteiger partial charge in [0.15, 0.2) is 12.4 Å². The van der Waals surface area contributed by atoms with Crippen molar-refractivity contribution in [1.29, 1.82) is 0 Å². The minimum Gasteiger partial charge on any atom is -0.205 e. The molecule has 168 valence electrons. The third-order valence-corrected chi connectivity index (χ3v) is 6.26. The Hall–Kier alpha value is -0.850. The Morgan fingerprint density at radius 1 is 0.552 bits per heavy atom. The zero-order chi connectivity index (χ0) is 20.8. The topological polar surface area (TPSA) is 3.88 Å². The van der Waals surface area contributed by atoms with E-state index in [1.807, 2.05) is 0 Å². The van der Waals surface area contributed by atoms with Crippen LogP contribution in [-0.4, -0.2) is 0 Å². The first-order chi connectivity index (χ1) is 14.4. The first-order valence-corrected chi connectivity index (χ1v) is 13.3. The summed E-state index contributed by atoms with van der Waals surface area (Å²) in [6, 6.07) is 4.56. The van der Waals surface area contributed by atoms with Crippen LogP contribution in [0.2, 0.25) is 0 Å². The van der Waals surface area contributed by atoms with Crippen LogP contribution >= 0.6 is 0 Å². The SMILES string of the molecule is CCCCCCCCCCCCCCCCc1ccc[n+](CCCCCCC)c1. The third-order valence-electron chi connectivity index (χ3n) is 6.26. The van der Waals surface area contributed by atoms with Gasteiger partial charge >= 0.3 is 0 Å². The molecular weight excluding hydrogens is 350 g/mol. The Bertz CT molecular complexity index is 453. The Balaban J connectivity index is 1.91. The summed E-state index contributed by atoms with van der Waals surface area (Å²) >= 11 is 0. The van der Waals surface area contributed by atoms with E-state index in [4.69, 9.17) is 0 Å². The number of hydrogen-bond donors (Lipinski definition) is 0. The van der Waals surface area contributed by atoms with Gasteiger partial charge in [-0.1, -0.05) is 117 Å². The van der Waals surface area contributed by atoms with Crippen LogP contribution in [0.4, 0.5) is 0 Å². The highest BCUT2D eigenvalue weighted by Gasteiger charge is 2.03. The largest absolute Gasteiger partial charge is 0.205 e. The van der Waals surface area contributed by atoms with Crippen molar-refractivity contribution in [2.45, 2.75) is 149 Å². The molecule has 0 aromatic carbocycles. The van der Waals surface area contributed by atoms with Gasteiger partial charge in [-0.3, -0.25) is 0 Å². The van der Waals surface area contributed by atoms with E-state index >= 15 is 0 Å². The van der Waals surface area contributed by atoms with E-state index < -0.39 is 0 Å². The number of unbranched alkanes of at least 4 members (excludes halogenated alkanes) is 17. The highest BCUT2D eigenvalue weighted by molar-refractivity contribution is 5.05. The predicted octanol–water partition coefficient (Wildman–Crippen LogP) is 8.97. The molecule has 0 aliphatic heterocycles. The minimum absolute atomic E-state index is 1.19. The smallest absolute Gasteiger partial charge is 0.171 e. The van der Waals surface area contributed by atoms with Crippen LogP contribution in [0.15, 0.2) is 24.5 Å². The highest BCUT2D eigenvalue weighted by Crippen LogP contribution is 2.13. The fourth-order valence-electron chi connectivity index (χ4n) is 4.28. The molecule has 0 saturated heterocycles. The maximum atomic E-state index is 2.41. The van der Waals surface area contributed by atoms with Gasteiger partial charge in [0.2, 0.25) is 0 Å². The van der Waals surface area contributed by atoms with Crippen LogP contribution in [-0.2, 0) is 13.0 Å². The predicted molar refractivity (Wildman–Crippen MR) is 129 cm³/mol. The van der Waals surface area contributed by atoms with E-state index in [9.17, 15) is 0 Å². The maximum Gasteiger partial charge on any atom is 0.171 e. The molecule has 0 bridgehead atoms. The van der Waals surface area contributed by atoms with E-state index in [0.717, 1.165) is 0 Å². The van der Waals surface area contributed by atoms with E-state index in [-0.39, 0.29) is 0 Å². The van der Waals surface area contributed by atoms with Crippen molar-refractivity contribution in [2.24, 2.45) is 0 Å². The molecule has 0 N–H and O–H groups in total. The Morgan fingerprint density at radius 2 is 1.00 bits per heavy atom. The van der Waals surface area contributed by atoms with Gasteiger partial charge in [0.05, 0.1) is 0 Å². The van der Waals surface area contributed by atoms with E-state index in [1.54, 1.807) is 0 Å². The quantitative estimate of drug-likeness (QED) is 0.143. The van der Waals surface area contributed by atoms with Gasteiger partial charge < -0.3 is 0 Å². The van der Waals surface area contributed by atoms with Crippen LogP contribution in [0.1, 0.15) is 141 Å². The van der Waals surface area contributed by atoms with Crippen molar-refractivity contribution >= 4 is 0 Å². The van der Waals surface area contributed by atoms with Crippen molar-refractivity contribution in [3.8, 4) is 0 Å². The van der Waals surface area contributed by atoms with Crippen LogP contribution in [0.25, 0.3) is 0 Å². The molecular formula is C28H52N+. The molecule has 1 aromatic rings. The van der Waals surface area contributed by atoms with Crippen LogP contribution < -0.4 is 4.57 Å². The van der Waals surface area contributed by atoms with Gasteiger partial charge in [-0.25, -0.2) is 4.57 Å². The Labute approximate surface area is 183 Å². The highest BCUT2D eigenvalue weighted by atomic mass is 14.9. The van der Waals surface area contributed by atoms with Crippen molar-refractivity contribution < 1.29 is 4.57 Å². The molecule has 1 nitrogen and oxygen atoms in total. The first kappa shape index (κ1) is 26.2. The summed E-state index contributed by atoms with van der Waals surface area (Å²) in [4.78, 5) is 0. The van der Waals surface area contributed by atoms with Crippen molar-refractivity contribution in [2.75, 3.05) is 0 Å². The lowest BCUT2D eigenvalue weighted by Gasteiger charge is -2.04. The van der Waals surface area contributed by atoms with E-state index in [0.29, 0.717) is 0 Å². The van der Waals surface area contributed by atoms with Gasteiger partial charge in [-0.05, 0) is 25.3 Å². The zero-order valence-corrected chi connectivity index (χ0v) is 20.1. The second-order valence-electron chi connectivity index (χ2n) is 9.21. The molecule has 1 heteroatoms. The summed E-state index contributed by atoms with van der Waals surface area (Å²) in [6.45, 7) is 5.78. The molecule has 1 aromatic heterocycles. The molecule has 29 heavy (non-hydrogen) atoms. The van der Waals surface area contributed by atoms with E-state index in [2.05, 4.69) is 42.9 Å². The molecule has 0 atom stereocenters. The molecule has 0 amide bonds. The Kier molecular flexibility index (Phi) is 18.4. The lowest BCUT2D eigenvalue weighted by Crippen LogP contribution is -2.33. The average molecular weight is 403 g/mol. The number of rotatable bonds is 21. The normalized spacial score (nSPS) is 11.2. The monoisotopic (exact) mass is 402 g/mol. The Morgan fingerprint density at radius 3 is 1.52 bits per heavy atom. The summed E-state index contributed by atoms with van der Waals surface area (Å²) in [6.07, 6.45) is 32.9. The number of aromatic nitrogens is 1. The first-order valence-electron chi connectivity index (χ1n) is 13.3. The standard InChI is InChI=1S/C28H52N/c1-3-5-7-9-10-11-12-13-14-15-16-17-18-20-23-28-24-22-26-29(27-28)25-21-19-8-6-4-2/h22,24,26-27H,3-21,23,25H2,1-2H3/q+1. The van der Waals surface area contributed by atoms with Crippen molar-refractivity contribution in [1.82, 2.24) is 0 Å². The lowest BCUT2D eigenvalue weighted by molar-refractivity contribution is -0.697. The van der Waals surface area contributed by atoms with Crippen LogP contribution in [0, 0.1) is 0 Å². The van der Waals surface area contributed by atoms with Crippen molar-refractivity contribution in [3.63, 3.8) is 0 Å². The minimum atomic E-state index is 1.19. The molecule has 1 rings (SSSR count).